The van der Waals surface area contributed by atoms with Gasteiger partial charge in [-0.1, -0.05) is 5.21 Å². The third-order valence-corrected chi connectivity index (χ3v) is 15.8. The summed E-state index contributed by atoms with van der Waals surface area (Å²) in [6.07, 6.45) is -68.8. The molecule has 38 heteroatoms. The van der Waals surface area contributed by atoms with Crippen LogP contribution in [0.5, 0.6) is 0 Å². The van der Waals surface area contributed by atoms with E-state index in [0.717, 1.165) is 4.68 Å². The maximum Gasteiger partial charge on any atom is 0.187 e. The van der Waals surface area contributed by atoms with Crippen LogP contribution in [0.4, 0.5) is 0 Å². The number of hydrogen-bond donors (Lipinski definition) is 21. The highest BCUT2D eigenvalue weighted by atomic mass is 16.8. The Balaban J connectivity index is 1.02. The zero-order chi connectivity index (χ0) is 60.0. The maximum atomic E-state index is 11.8. The van der Waals surface area contributed by atoms with Crippen LogP contribution in [0.25, 0.3) is 0 Å². The Morgan fingerprint density at radius 1 is 0.301 bits per heavy atom. The average molecular weight is 1220 g/mol. The predicted octanol–water partition coefficient (Wildman–Crippen LogP) is -15.5. The van der Waals surface area contributed by atoms with Crippen LogP contribution in [0.3, 0.4) is 0 Å². The number of nitrogens with two attached hydrogens (primary N) is 1. The van der Waals surface area contributed by atoms with Gasteiger partial charge in [-0.15, -0.1) is 5.10 Å². The Morgan fingerprint density at radius 2 is 0.494 bits per heavy atom. The fourth-order valence-corrected chi connectivity index (χ4v) is 11.1. The molecular weight excluding hydrogens is 1140 g/mol. The van der Waals surface area contributed by atoms with E-state index < -0.39 is 261 Å². The topological polar surface area (TPSA) is 591 Å². The SMILES string of the molecule is NCc1cn(C[C@H]2O[C@@H]3O[C@H]4[C@H](O)[C@@H](O)[C@@H](O[C@H]5[C@H](O)[C@@H](O)[C@@H](O[C@H]6[C@H](O)[C@@H](O)[C@@H](O[C@H]7[C@H](O)[C@@H](O)[C@@H](O[C@H]8[C@H](O)[C@@H](O)[C@@H](O[C@H]9[C@H](O)[C@@H](O)[C@@H](O[C@H]2[C@H](O)[C@H]3O)O[C@@H]9CO)O[C@@H]8CO)O[C@@H]7CO)O[C@@H]6CO)O[C@@H]5CO)O[C@@H]4CO)nn1. The monoisotopic (exact) mass is 1210 g/mol. The van der Waals surface area contributed by atoms with E-state index in [4.69, 9.17) is 72.0 Å². The zero-order valence-corrected chi connectivity index (χ0v) is 43.5. The standard InChI is InChI=1S/C45H74N4O34/c46-1-10-2-49(48-47-10)3-11-32-18(56)25(63)39(70-11)78-33-12(4-50)72-41(27(65)20(33)58)80-35-14(6-52)74-43(29(67)22(35)60)82-37-16(8-54)76-45(31(69)24(37)62)83-38-17(9-55)75-44(30(68)23(38)61)81-36-15(7-53)73-42(28(66)21(36)59)79-34-13(5-51)71-40(77-32)26(64)19(34)57/h2,11-45,50-69H,1,3-9,46H2/t11-,12-,13-,14-,15-,16-,17-,18-,19-,20-,21-,22-,23-,24-,25-,26-,27-,28-,29-,30-,31-,32-,33-,34-,35-,36-,37-,38-,39-,40-,41-,42-,43-,44-,45-/m1/s1. The number of aliphatic hydroxyl groups is 20. The first-order valence-corrected chi connectivity index (χ1v) is 26.6. The number of aromatic nitrogens is 3. The van der Waals surface area contributed by atoms with Gasteiger partial charge in [-0.05, 0) is 0 Å². The Hall–Kier alpha value is -2.26. The predicted molar refractivity (Wildman–Crippen MR) is 249 cm³/mol. The number of hydrogen-bond acceptors (Lipinski definition) is 37. The van der Waals surface area contributed by atoms with Crippen molar-refractivity contribution in [3.63, 3.8) is 0 Å². The molecular formula is C45H74N4O34. The lowest BCUT2D eigenvalue weighted by molar-refractivity contribution is -0.396. The summed E-state index contributed by atoms with van der Waals surface area (Å²) in [5, 5.41) is 231. The third kappa shape index (κ3) is 13.0. The molecule has 1 aromatic heterocycles. The van der Waals surface area contributed by atoms with E-state index in [9.17, 15) is 102 Å². The first-order chi connectivity index (χ1) is 39.6. The van der Waals surface area contributed by atoms with E-state index in [1.807, 2.05) is 0 Å². The van der Waals surface area contributed by atoms with Gasteiger partial charge >= 0.3 is 0 Å². The minimum absolute atomic E-state index is 0.0919. The molecule has 0 amide bonds. The summed E-state index contributed by atoms with van der Waals surface area (Å²) >= 11 is 0. The van der Waals surface area contributed by atoms with Crippen molar-refractivity contribution in [2.45, 2.75) is 228 Å². The molecule has 22 N–H and O–H groups in total. The second kappa shape index (κ2) is 27.6. The van der Waals surface area contributed by atoms with Gasteiger partial charge in [-0.25, -0.2) is 4.68 Å². The number of rotatable bonds is 9. The van der Waals surface area contributed by atoms with Crippen molar-refractivity contribution in [1.82, 2.24) is 15.0 Å². The highest BCUT2D eigenvalue weighted by Crippen LogP contribution is 2.39. The molecule has 478 valence electrons. The molecule has 0 unspecified atom stereocenters. The molecule has 0 spiro atoms. The van der Waals surface area contributed by atoms with Gasteiger partial charge in [0.15, 0.2) is 44.0 Å². The molecule has 0 aromatic carbocycles. The summed E-state index contributed by atoms with van der Waals surface area (Å²) in [5.41, 5.74) is 5.98. The van der Waals surface area contributed by atoms with E-state index in [-0.39, 0.29) is 12.2 Å². The molecule has 21 aliphatic heterocycles. The van der Waals surface area contributed by atoms with Crippen molar-refractivity contribution in [1.29, 1.82) is 0 Å². The van der Waals surface area contributed by atoms with E-state index in [1.54, 1.807) is 0 Å². The second-order valence-electron chi connectivity index (χ2n) is 21.1. The summed E-state index contributed by atoms with van der Waals surface area (Å²) in [7, 11) is 0. The highest BCUT2D eigenvalue weighted by molar-refractivity contribution is 5.02. The molecule has 21 aliphatic rings. The summed E-state index contributed by atoms with van der Waals surface area (Å²) in [5.74, 6) is 0. The summed E-state index contributed by atoms with van der Waals surface area (Å²) in [6, 6.07) is 0. The smallest absolute Gasteiger partial charge is 0.187 e. The molecule has 83 heavy (non-hydrogen) atoms. The Morgan fingerprint density at radius 3 is 0.675 bits per heavy atom. The van der Waals surface area contributed by atoms with Crippen LogP contribution in [0.1, 0.15) is 5.69 Å². The van der Waals surface area contributed by atoms with Crippen LogP contribution < -0.4 is 5.73 Å². The van der Waals surface area contributed by atoms with Gasteiger partial charge < -0.3 is 174 Å². The van der Waals surface area contributed by atoms with Gasteiger partial charge in [0.1, 0.15) is 171 Å². The lowest BCUT2D eigenvalue weighted by Crippen LogP contribution is -2.68. The maximum absolute atomic E-state index is 11.8. The van der Waals surface area contributed by atoms with Gasteiger partial charge in [0.2, 0.25) is 0 Å². The van der Waals surface area contributed by atoms with E-state index >= 15 is 0 Å². The van der Waals surface area contributed by atoms with E-state index in [0.29, 0.717) is 0 Å². The van der Waals surface area contributed by atoms with Crippen molar-refractivity contribution in [2.24, 2.45) is 5.73 Å². The van der Waals surface area contributed by atoms with Gasteiger partial charge in [0, 0.05) is 12.7 Å². The minimum Gasteiger partial charge on any atom is -0.394 e. The van der Waals surface area contributed by atoms with Gasteiger partial charge in [0.05, 0.1) is 51.9 Å². The molecule has 22 heterocycles. The van der Waals surface area contributed by atoms with Crippen molar-refractivity contribution in [3.8, 4) is 0 Å². The molecule has 35 atom stereocenters. The lowest BCUT2D eigenvalue weighted by atomic mass is 9.95. The molecule has 14 bridgehead atoms. The van der Waals surface area contributed by atoms with Gasteiger partial charge in [-0.2, -0.15) is 0 Å². The summed E-state index contributed by atoms with van der Waals surface area (Å²) < 4.78 is 82.2. The van der Waals surface area contributed by atoms with Crippen molar-refractivity contribution < 1.29 is 168 Å². The molecule has 0 radical (unpaired) electrons. The van der Waals surface area contributed by atoms with E-state index in [2.05, 4.69) is 10.3 Å². The Kier molecular flexibility index (Phi) is 21.7. The molecule has 21 fully saturated rings. The van der Waals surface area contributed by atoms with E-state index in [1.165, 1.54) is 6.20 Å². The molecule has 21 saturated heterocycles. The van der Waals surface area contributed by atoms with Gasteiger partial charge in [0.25, 0.3) is 0 Å². The van der Waals surface area contributed by atoms with Crippen molar-refractivity contribution in [3.05, 3.63) is 11.9 Å². The van der Waals surface area contributed by atoms with Crippen LogP contribution in [0.15, 0.2) is 6.20 Å². The Bertz CT molecular complexity index is 2170. The number of nitrogens with zero attached hydrogens (tertiary/aromatic N) is 3. The summed E-state index contributed by atoms with van der Waals surface area (Å²) in [4.78, 5) is 0. The molecule has 22 rings (SSSR count). The largest absolute Gasteiger partial charge is 0.394 e. The van der Waals surface area contributed by atoms with Crippen LogP contribution >= 0.6 is 0 Å². The quantitative estimate of drug-likeness (QED) is 0.109. The lowest BCUT2D eigenvalue weighted by Gasteiger charge is -2.50. The third-order valence-electron chi connectivity index (χ3n) is 15.8. The second-order valence-corrected chi connectivity index (χ2v) is 21.1. The normalized spacial score (nSPS) is 52.2. The fraction of sp³-hybridized carbons (Fsp3) is 0.956. The van der Waals surface area contributed by atoms with Crippen LogP contribution in [0, 0.1) is 0 Å². The molecule has 0 aliphatic carbocycles. The molecule has 1 aromatic rings. The van der Waals surface area contributed by atoms with Crippen LogP contribution in [-0.2, 0) is 79.4 Å². The fourth-order valence-electron chi connectivity index (χ4n) is 11.1. The minimum atomic E-state index is -2.21. The average Bonchev–Trinajstić information content (AvgIpc) is 3.33. The first-order valence-electron chi connectivity index (χ1n) is 26.6. The van der Waals surface area contributed by atoms with Gasteiger partial charge in [-0.3, -0.25) is 0 Å². The summed E-state index contributed by atoms with van der Waals surface area (Å²) in [6.45, 7) is -6.82. The molecule has 38 nitrogen and oxygen atoms in total. The van der Waals surface area contributed by atoms with Crippen LogP contribution in [0.2, 0.25) is 0 Å². The number of aliphatic hydroxyl groups excluding tert-OH is 20. The highest BCUT2D eigenvalue weighted by Gasteiger charge is 2.59. The molecule has 0 saturated carbocycles. The van der Waals surface area contributed by atoms with Crippen LogP contribution in [-0.4, -0.2) is 372 Å². The van der Waals surface area contributed by atoms with Crippen molar-refractivity contribution >= 4 is 0 Å². The van der Waals surface area contributed by atoms with Crippen molar-refractivity contribution in [2.75, 3.05) is 39.6 Å². The Labute approximate surface area is 468 Å². The first kappa shape index (κ1) is 65.2. The number of ether oxygens (including phenoxy) is 14. The zero-order valence-electron chi connectivity index (χ0n) is 43.5.